The van der Waals surface area contributed by atoms with Gasteiger partial charge in [-0.3, -0.25) is 9.55 Å². The van der Waals surface area contributed by atoms with E-state index in [4.69, 9.17) is 9.97 Å². The third-order valence-corrected chi connectivity index (χ3v) is 14.1. The fraction of sp³-hybridized carbons (Fsp3) is 0.238. The summed E-state index contributed by atoms with van der Waals surface area (Å²) < 4.78 is 2.28. The number of rotatable bonds is 8. The fourth-order valence-electron chi connectivity index (χ4n) is 9.92. The van der Waals surface area contributed by atoms with Crippen LogP contribution in [0.25, 0.3) is 72.7 Å². The van der Waals surface area contributed by atoms with E-state index in [-0.39, 0.29) is 37.3 Å². The molecule has 344 valence electrons. The van der Waals surface area contributed by atoms with Gasteiger partial charge in [-0.15, -0.1) is 29.3 Å². The van der Waals surface area contributed by atoms with Crippen LogP contribution in [0.4, 0.5) is 0 Å². The minimum atomic E-state index is -0.162. The molecule has 9 aromatic rings. The van der Waals surface area contributed by atoms with Crippen molar-refractivity contribution in [2.24, 2.45) is 0 Å². The summed E-state index contributed by atoms with van der Waals surface area (Å²) in [6.07, 6.45) is 5.96. The summed E-state index contributed by atoms with van der Waals surface area (Å²) >= 11 is 0. The van der Waals surface area contributed by atoms with Crippen molar-refractivity contribution in [2.45, 2.75) is 97.3 Å². The summed E-state index contributed by atoms with van der Waals surface area (Å²) in [5.74, 6) is 1.06. The Hall–Kier alpha value is -6.35. The average molecular weight is 1070 g/mol. The van der Waals surface area contributed by atoms with Crippen LogP contribution < -0.4 is 0 Å². The van der Waals surface area contributed by atoms with Gasteiger partial charge in [-0.25, -0.2) is 4.98 Å². The van der Waals surface area contributed by atoms with Crippen molar-refractivity contribution in [3.05, 3.63) is 203 Å². The largest absolute Gasteiger partial charge is 0.507 e. The normalized spacial score (nSPS) is 13.0. The van der Waals surface area contributed by atoms with Crippen LogP contribution in [0, 0.1) is 6.07 Å². The third kappa shape index (κ3) is 8.80. The van der Waals surface area contributed by atoms with Gasteiger partial charge in [0.05, 0.1) is 22.3 Å². The number of fused-ring (bicyclic) bond motifs is 2. The first-order valence-corrected chi connectivity index (χ1v) is 23.9. The van der Waals surface area contributed by atoms with E-state index in [1.54, 1.807) is 0 Å². The number of phenols is 1. The van der Waals surface area contributed by atoms with E-state index in [0.29, 0.717) is 11.6 Å². The van der Waals surface area contributed by atoms with Gasteiger partial charge in [0.25, 0.3) is 0 Å². The molecule has 10 rings (SSSR count). The molecule has 2 heterocycles. The number of para-hydroxylation sites is 1. The Morgan fingerprint density at radius 2 is 1.19 bits per heavy atom. The van der Waals surface area contributed by atoms with Gasteiger partial charge >= 0.3 is 0 Å². The quantitative estimate of drug-likeness (QED) is 0.154. The number of phenolic OH excluding ortho intramolecular Hbond substituents is 1. The molecule has 1 aliphatic carbocycles. The molecule has 7 aromatic carbocycles. The predicted molar refractivity (Wildman–Crippen MR) is 279 cm³/mol. The molecule has 0 atom stereocenters. The Kier molecular flexibility index (Phi) is 12.6. The first kappa shape index (κ1) is 46.7. The molecule has 0 radical (unpaired) electrons. The monoisotopic (exact) mass is 1070 g/mol. The van der Waals surface area contributed by atoms with E-state index in [9.17, 15) is 5.11 Å². The van der Waals surface area contributed by atoms with Gasteiger partial charge in [0, 0.05) is 43.9 Å². The molecule has 5 heteroatoms. The molecular weight excluding hydrogens is 1010 g/mol. The zero-order valence-corrected chi connectivity index (χ0v) is 42.8. The second-order valence-corrected chi connectivity index (χ2v) is 21.0. The second kappa shape index (κ2) is 18.3. The van der Waals surface area contributed by atoms with Gasteiger partial charge in [0.2, 0.25) is 0 Å². The van der Waals surface area contributed by atoms with Gasteiger partial charge < -0.3 is 5.11 Å². The van der Waals surface area contributed by atoms with Crippen molar-refractivity contribution in [1.29, 1.82) is 0 Å². The van der Waals surface area contributed by atoms with E-state index in [1.807, 2.05) is 6.20 Å². The smallest absolute Gasteiger partial charge is 0.148 e. The minimum absolute atomic E-state index is 0. The molecule has 1 N–H and O–H groups in total. The fourth-order valence-corrected chi connectivity index (χ4v) is 9.92. The molecule has 0 saturated heterocycles. The molecule has 4 nitrogen and oxygen atoms in total. The standard InChI is InChI=1S/C63H60N3O.Pt/c1-61(2,3)49-31-33-56(54(40-49)42-18-11-9-12-19-42)66-57-25-17-24-51(58(57)65-60(66)53-32-28-43-20-15-16-23-52(43)59(53)67)45-36-46(38-50(37-45)62(4,5)6)55-39-44(34-35-64-55)41-26-29-48(30-27-41)63(7,8)47-21-13-10-14-22-47;/h9-14,17-19,21-22,24-35,37-40,67H,15-16,20,23H2,1-8H3;/q-1;. The summed E-state index contributed by atoms with van der Waals surface area (Å²) in [5.41, 5.74) is 18.7. The summed E-state index contributed by atoms with van der Waals surface area (Å²) in [4.78, 5) is 10.6. The zero-order chi connectivity index (χ0) is 46.7. The van der Waals surface area contributed by atoms with Crippen LogP contribution in [-0.2, 0) is 50.2 Å². The number of aromatic hydroxyl groups is 1. The number of nitrogens with zero attached hydrogens (tertiary/aromatic N) is 3. The average Bonchev–Trinajstić information content (AvgIpc) is 3.73. The molecule has 0 fully saturated rings. The van der Waals surface area contributed by atoms with E-state index in [2.05, 4.69) is 224 Å². The maximum atomic E-state index is 12.2. The van der Waals surface area contributed by atoms with E-state index in [1.165, 1.54) is 27.8 Å². The SMILES string of the molecule is CC(C)(C)c1cc(-c2cc(-c3ccc(C(C)(C)c4ccccc4)cc3)ccn2)[c-]c(-c2cccc3c2nc(-c2ccc4c(c2O)CCCC4)n3-c2ccc(C(C)(C)C)cc2-c2ccccc2)c1.[Pt]. The Morgan fingerprint density at radius 3 is 1.91 bits per heavy atom. The van der Waals surface area contributed by atoms with Gasteiger partial charge in [-0.05, 0) is 111 Å². The van der Waals surface area contributed by atoms with Crippen LogP contribution in [0.15, 0.2) is 164 Å². The summed E-state index contributed by atoms with van der Waals surface area (Å²) in [5, 5.41) is 12.2. The molecule has 0 amide bonds. The zero-order valence-electron chi connectivity index (χ0n) is 40.5. The van der Waals surface area contributed by atoms with Gasteiger partial charge in [-0.1, -0.05) is 182 Å². The van der Waals surface area contributed by atoms with E-state index < -0.39 is 0 Å². The minimum Gasteiger partial charge on any atom is -0.507 e. The van der Waals surface area contributed by atoms with Gasteiger partial charge in [-0.2, -0.15) is 0 Å². The van der Waals surface area contributed by atoms with Crippen LogP contribution in [0.1, 0.15) is 102 Å². The van der Waals surface area contributed by atoms with Crippen molar-refractivity contribution in [3.8, 4) is 67.5 Å². The van der Waals surface area contributed by atoms with Crippen LogP contribution in [0.3, 0.4) is 0 Å². The van der Waals surface area contributed by atoms with E-state index >= 15 is 0 Å². The number of pyridine rings is 1. The van der Waals surface area contributed by atoms with E-state index in [0.717, 1.165) is 98.2 Å². The molecule has 2 aromatic heterocycles. The number of aryl methyl sites for hydroxylation is 1. The first-order valence-electron chi connectivity index (χ1n) is 23.9. The maximum absolute atomic E-state index is 12.2. The number of imidazole rings is 1. The number of hydrogen-bond donors (Lipinski definition) is 1. The molecule has 0 aliphatic heterocycles. The van der Waals surface area contributed by atoms with Crippen LogP contribution >= 0.6 is 0 Å². The predicted octanol–water partition coefficient (Wildman–Crippen LogP) is 16.1. The molecule has 0 unspecified atom stereocenters. The number of hydrogen-bond acceptors (Lipinski definition) is 3. The molecule has 0 spiro atoms. The molecule has 68 heavy (non-hydrogen) atoms. The van der Waals surface area contributed by atoms with Gasteiger partial charge in [0.15, 0.2) is 0 Å². The topological polar surface area (TPSA) is 50.9 Å². The first-order chi connectivity index (χ1) is 32.1. The number of aromatic nitrogens is 3. The van der Waals surface area contributed by atoms with Crippen molar-refractivity contribution < 1.29 is 26.2 Å². The molecule has 0 bridgehead atoms. The van der Waals surface area contributed by atoms with Crippen molar-refractivity contribution in [3.63, 3.8) is 0 Å². The summed E-state index contributed by atoms with van der Waals surface area (Å²) in [6, 6.07) is 60.6. The Labute approximate surface area is 417 Å². The van der Waals surface area contributed by atoms with Crippen LogP contribution in [0.2, 0.25) is 0 Å². The molecule has 0 saturated carbocycles. The van der Waals surface area contributed by atoms with Crippen LogP contribution in [0.5, 0.6) is 5.75 Å². The molecule has 1 aliphatic rings. The Bertz CT molecular complexity index is 3280. The maximum Gasteiger partial charge on any atom is 0.148 e. The second-order valence-electron chi connectivity index (χ2n) is 21.0. The summed E-state index contributed by atoms with van der Waals surface area (Å²) in [6.45, 7) is 18.1. The summed E-state index contributed by atoms with van der Waals surface area (Å²) in [7, 11) is 0. The van der Waals surface area contributed by atoms with Gasteiger partial charge in [0.1, 0.15) is 11.6 Å². The third-order valence-electron chi connectivity index (χ3n) is 14.1. The van der Waals surface area contributed by atoms with Crippen LogP contribution in [-0.4, -0.2) is 19.6 Å². The Morgan fingerprint density at radius 1 is 0.529 bits per heavy atom. The van der Waals surface area contributed by atoms with Crippen molar-refractivity contribution in [2.75, 3.05) is 0 Å². The molecular formula is C63H60N3OPt-. The Balaban J connectivity index is 0.00000578. The van der Waals surface area contributed by atoms with Crippen molar-refractivity contribution in [1.82, 2.24) is 14.5 Å². The van der Waals surface area contributed by atoms with Crippen molar-refractivity contribution >= 4 is 11.0 Å². The number of benzene rings is 7.